The Labute approximate surface area is 317 Å². The SMILES string of the molecule is CCCC/C=C\CCCCCCCC(=O)OC[C@H](COP(=O)(O)OC[C@H](N)C(=O)O)OC(=O)CCCC(=O)/C=C/C=C\C/C=C\C/C=C\CCCCC. The molecule has 4 N–H and O–H groups in total. The highest BCUT2D eigenvalue weighted by Crippen LogP contribution is 2.43. The number of carboxylic acids is 1. The van der Waals surface area contributed by atoms with Gasteiger partial charge in [0.1, 0.15) is 12.6 Å². The largest absolute Gasteiger partial charge is 0.480 e. The van der Waals surface area contributed by atoms with Crippen molar-refractivity contribution in [2.24, 2.45) is 5.73 Å². The molecular formula is C40H66NO11P. The molecule has 0 rings (SSSR count). The predicted molar refractivity (Wildman–Crippen MR) is 208 cm³/mol. The van der Waals surface area contributed by atoms with Crippen LogP contribution in [0.5, 0.6) is 0 Å². The van der Waals surface area contributed by atoms with Gasteiger partial charge in [0.15, 0.2) is 11.9 Å². The van der Waals surface area contributed by atoms with Crippen molar-refractivity contribution in [3.05, 3.63) is 60.8 Å². The number of ether oxygens (including phenoxy) is 2. The van der Waals surface area contributed by atoms with Gasteiger partial charge in [-0.05, 0) is 63.9 Å². The van der Waals surface area contributed by atoms with Gasteiger partial charge in [-0.25, -0.2) is 4.57 Å². The fraction of sp³-hybridized carbons (Fsp3) is 0.650. The molecule has 0 amide bonds. The summed E-state index contributed by atoms with van der Waals surface area (Å²) in [6.07, 6.45) is 34.5. The number of hydrogen-bond donors (Lipinski definition) is 3. The summed E-state index contributed by atoms with van der Waals surface area (Å²) in [6.45, 7) is 2.44. The van der Waals surface area contributed by atoms with Gasteiger partial charge in [0, 0.05) is 19.3 Å². The first-order chi connectivity index (χ1) is 25.5. The summed E-state index contributed by atoms with van der Waals surface area (Å²) in [6, 6.07) is -1.56. The minimum Gasteiger partial charge on any atom is -0.480 e. The van der Waals surface area contributed by atoms with Gasteiger partial charge in [-0.15, -0.1) is 0 Å². The normalized spacial score (nSPS) is 14.4. The molecule has 0 saturated heterocycles. The molecule has 0 aromatic rings. The third-order valence-corrected chi connectivity index (χ3v) is 8.67. The third-order valence-electron chi connectivity index (χ3n) is 7.71. The second-order valence-corrected chi connectivity index (χ2v) is 14.2. The van der Waals surface area contributed by atoms with Crippen LogP contribution >= 0.6 is 7.82 Å². The first kappa shape index (κ1) is 49.9. The Bertz CT molecular complexity index is 1200. The van der Waals surface area contributed by atoms with Gasteiger partial charge in [0.25, 0.3) is 0 Å². The maximum absolute atomic E-state index is 12.5. The number of carboxylic acid groups (broad SMARTS) is 1. The molecule has 0 aliphatic rings. The number of aliphatic carboxylic acids is 1. The second kappa shape index (κ2) is 34.6. The summed E-state index contributed by atoms with van der Waals surface area (Å²) < 4.78 is 32.3. The molecule has 1 unspecified atom stereocenters. The van der Waals surface area contributed by atoms with Crippen LogP contribution in [0, 0.1) is 0 Å². The van der Waals surface area contributed by atoms with E-state index in [-0.39, 0.29) is 31.5 Å². The zero-order valence-corrected chi connectivity index (χ0v) is 33.0. The van der Waals surface area contributed by atoms with Crippen LogP contribution in [0.25, 0.3) is 0 Å². The van der Waals surface area contributed by atoms with E-state index >= 15 is 0 Å². The van der Waals surface area contributed by atoms with E-state index in [1.165, 1.54) is 38.2 Å². The number of esters is 2. The number of nitrogens with two attached hydrogens (primary N) is 1. The van der Waals surface area contributed by atoms with Crippen LogP contribution in [0.3, 0.4) is 0 Å². The molecule has 12 nitrogen and oxygen atoms in total. The highest BCUT2D eigenvalue weighted by Gasteiger charge is 2.28. The van der Waals surface area contributed by atoms with Gasteiger partial charge in [-0.3, -0.25) is 28.2 Å². The fourth-order valence-corrected chi connectivity index (χ4v) is 5.36. The van der Waals surface area contributed by atoms with Crippen molar-refractivity contribution in [2.75, 3.05) is 19.8 Å². The van der Waals surface area contributed by atoms with E-state index in [0.29, 0.717) is 6.42 Å². The molecule has 53 heavy (non-hydrogen) atoms. The van der Waals surface area contributed by atoms with Crippen LogP contribution in [0.15, 0.2) is 60.8 Å². The van der Waals surface area contributed by atoms with Gasteiger partial charge >= 0.3 is 25.7 Å². The summed E-state index contributed by atoms with van der Waals surface area (Å²) in [5.41, 5.74) is 5.30. The number of allylic oxidation sites excluding steroid dienone is 10. The number of phosphoric ester groups is 1. The smallest absolute Gasteiger partial charge is 0.472 e. The van der Waals surface area contributed by atoms with Gasteiger partial charge in [-0.1, -0.05) is 113 Å². The summed E-state index contributed by atoms with van der Waals surface area (Å²) >= 11 is 0. The zero-order valence-electron chi connectivity index (χ0n) is 32.1. The summed E-state index contributed by atoms with van der Waals surface area (Å²) in [5, 5.41) is 8.85. The van der Waals surface area contributed by atoms with Crippen molar-refractivity contribution < 1.29 is 52.3 Å². The van der Waals surface area contributed by atoms with Crippen molar-refractivity contribution in [3.8, 4) is 0 Å². The molecule has 3 atom stereocenters. The minimum atomic E-state index is -4.78. The van der Waals surface area contributed by atoms with E-state index in [2.05, 4.69) is 54.8 Å². The van der Waals surface area contributed by atoms with Crippen LogP contribution in [-0.4, -0.2) is 65.7 Å². The van der Waals surface area contributed by atoms with Crippen LogP contribution in [0.2, 0.25) is 0 Å². The maximum atomic E-state index is 12.5. The molecule has 0 bridgehead atoms. The van der Waals surface area contributed by atoms with Crippen molar-refractivity contribution in [1.29, 1.82) is 0 Å². The Kier molecular flexibility index (Phi) is 32.6. The van der Waals surface area contributed by atoms with Crippen LogP contribution < -0.4 is 5.73 Å². The van der Waals surface area contributed by atoms with Crippen molar-refractivity contribution in [2.45, 2.75) is 148 Å². The standard InChI is InChI=1S/C40H66NO11P/c1-3-5-7-9-11-13-15-16-18-19-21-23-25-28-35(42)29-27-31-39(44)52-36(33-50-53(47,48)51-34-37(41)40(45)46)32-49-38(43)30-26-24-22-20-17-14-12-10-8-6-4-2/h10-13,16,18,21,23,25,28,36-37H,3-9,14-15,17,19-20,22,24,26-27,29-34,41H2,1-2H3,(H,45,46)(H,47,48)/b12-10-,13-11-,18-16-,23-21-,28-25+/t36-,37+/m1/s1. The molecule has 13 heteroatoms. The summed E-state index contributed by atoms with van der Waals surface area (Å²) in [4.78, 5) is 57.9. The first-order valence-electron chi connectivity index (χ1n) is 19.3. The van der Waals surface area contributed by atoms with E-state index in [0.717, 1.165) is 57.8 Å². The third kappa shape index (κ3) is 34.4. The highest BCUT2D eigenvalue weighted by atomic mass is 31.2. The van der Waals surface area contributed by atoms with E-state index in [1.807, 2.05) is 6.08 Å². The lowest BCUT2D eigenvalue weighted by Crippen LogP contribution is -2.34. The minimum absolute atomic E-state index is 0.0965. The molecular weight excluding hydrogens is 701 g/mol. The lowest BCUT2D eigenvalue weighted by molar-refractivity contribution is -0.161. The Morgan fingerprint density at radius 1 is 0.642 bits per heavy atom. The fourth-order valence-electron chi connectivity index (χ4n) is 4.59. The number of carbonyl (C=O) groups is 4. The van der Waals surface area contributed by atoms with Crippen LogP contribution in [0.1, 0.15) is 136 Å². The molecule has 0 radical (unpaired) electrons. The number of unbranched alkanes of at least 4 members (excludes halogenated alkanes) is 10. The lowest BCUT2D eigenvalue weighted by atomic mass is 10.1. The second-order valence-electron chi connectivity index (χ2n) is 12.7. The van der Waals surface area contributed by atoms with Gasteiger partial charge in [0.2, 0.25) is 0 Å². The van der Waals surface area contributed by atoms with Crippen LogP contribution in [0.4, 0.5) is 0 Å². The average Bonchev–Trinajstić information content (AvgIpc) is 3.12. The Morgan fingerprint density at radius 3 is 1.91 bits per heavy atom. The van der Waals surface area contributed by atoms with Crippen LogP contribution in [-0.2, 0) is 42.3 Å². The molecule has 0 saturated carbocycles. The number of rotatable bonds is 35. The highest BCUT2D eigenvalue weighted by molar-refractivity contribution is 7.47. The van der Waals surface area contributed by atoms with E-state index in [9.17, 15) is 28.6 Å². The zero-order chi connectivity index (χ0) is 39.4. The first-order valence-corrected chi connectivity index (χ1v) is 20.8. The Hall–Kier alpha value is -3.15. The molecule has 302 valence electrons. The van der Waals surface area contributed by atoms with Gasteiger partial charge in [-0.2, -0.15) is 0 Å². The summed E-state index contributed by atoms with van der Waals surface area (Å²) in [7, 11) is -4.78. The monoisotopic (exact) mass is 767 g/mol. The molecule has 0 heterocycles. The number of carbonyl (C=O) groups excluding carboxylic acids is 3. The summed E-state index contributed by atoms with van der Waals surface area (Å²) in [5.74, 6) is -2.86. The number of ketones is 1. The average molecular weight is 768 g/mol. The molecule has 0 fully saturated rings. The maximum Gasteiger partial charge on any atom is 0.472 e. The Morgan fingerprint density at radius 2 is 1.21 bits per heavy atom. The predicted octanol–water partition coefficient (Wildman–Crippen LogP) is 8.79. The topological polar surface area (TPSA) is 189 Å². The van der Waals surface area contributed by atoms with Gasteiger partial charge in [0.05, 0.1) is 13.2 Å². The Balaban J connectivity index is 4.68. The van der Waals surface area contributed by atoms with Crippen molar-refractivity contribution in [3.63, 3.8) is 0 Å². The number of phosphoric acid groups is 1. The van der Waals surface area contributed by atoms with E-state index < -0.39 is 57.7 Å². The molecule has 0 aliphatic carbocycles. The quantitative estimate of drug-likeness (QED) is 0.0139. The molecule has 0 spiro atoms. The molecule has 0 aromatic heterocycles. The van der Waals surface area contributed by atoms with E-state index in [4.69, 9.17) is 24.8 Å². The van der Waals surface area contributed by atoms with Gasteiger partial charge < -0.3 is 25.2 Å². The van der Waals surface area contributed by atoms with E-state index in [1.54, 1.807) is 12.2 Å². The molecule has 0 aromatic carbocycles. The van der Waals surface area contributed by atoms with Crippen molar-refractivity contribution >= 4 is 31.5 Å². The lowest BCUT2D eigenvalue weighted by Gasteiger charge is -2.20. The van der Waals surface area contributed by atoms with Crippen molar-refractivity contribution in [1.82, 2.24) is 0 Å². The number of hydrogen-bond acceptors (Lipinski definition) is 10. The molecule has 0 aliphatic heterocycles.